The van der Waals surface area contributed by atoms with E-state index in [1.165, 1.54) is 51.7 Å². The first kappa shape index (κ1) is 36.2. The minimum Gasteiger partial charge on any atom is -0.504 e. The monoisotopic (exact) mass is 694 g/mol. The molecule has 1 saturated heterocycles. The van der Waals surface area contributed by atoms with Crippen LogP contribution in [0, 0.1) is 0 Å². The highest BCUT2D eigenvalue weighted by Crippen LogP contribution is 2.52. The number of benzene rings is 3. The molecule has 0 amide bonds. The number of aliphatic hydroxyl groups is 3. The molecule has 7 atom stereocenters. The predicted octanol–water partition coefficient (Wildman–Crippen LogP) is 2.63. The molecule has 2 aliphatic heterocycles. The van der Waals surface area contributed by atoms with E-state index in [0.717, 1.165) is 6.08 Å². The van der Waals surface area contributed by atoms with Crippen LogP contribution >= 0.6 is 0 Å². The Balaban J connectivity index is 1.34. The summed E-state index contributed by atoms with van der Waals surface area (Å²) in [5.74, 6) is -0.290. The second-order valence-corrected chi connectivity index (χ2v) is 11.5. The molecule has 0 bridgehead atoms. The zero-order valence-electron chi connectivity index (χ0n) is 27.4. The molecule has 14 nitrogen and oxygen atoms in total. The Hall–Kier alpha value is -5.12. The van der Waals surface area contributed by atoms with Crippen LogP contribution in [-0.2, 0) is 23.8 Å². The summed E-state index contributed by atoms with van der Waals surface area (Å²) >= 11 is 0. The van der Waals surface area contributed by atoms with Gasteiger partial charge in [0.1, 0.15) is 43.4 Å². The molecule has 0 aliphatic carbocycles. The number of allylic oxidation sites excluding steroid dienone is 1. The van der Waals surface area contributed by atoms with Gasteiger partial charge >= 0.3 is 5.97 Å². The summed E-state index contributed by atoms with van der Waals surface area (Å²) < 4.78 is 39.4. The average molecular weight is 695 g/mol. The van der Waals surface area contributed by atoms with Crippen LogP contribution in [0.3, 0.4) is 0 Å². The van der Waals surface area contributed by atoms with Crippen LogP contribution in [0.5, 0.6) is 34.5 Å². The molecule has 2 heterocycles. The third-order valence-electron chi connectivity index (χ3n) is 8.35. The van der Waals surface area contributed by atoms with Crippen molar-refractivity contribution in [3.05, 3.63) is 82.9 Å². The maximum atomic E-state index is 12.5. The fraction of sp³-hybridized carbons (Fsp3) is 0.333. The molecule has 14 heteroatoms. The Morgan fingerprint density at radius 3 is 2.18 bits per heavy atom. The van der Waals surface area contributed by atoms with Crippen LogP contribution in [0.1, 0.15) is 34.3 Å². The van der Waals surface area contributed by atoms with Crippen molar-refractivity contribution in [2.24, 2.45) is 0 Å². The Morgan fingerprint density at radius 1 is 0.800 bits per heavy atom. The lowest BCUT2D eigenvalue weighted by Crippen LogP contribution is -2.59. The number of aliphatic hydroxyl groups excluding tert-OH is 3. The normalized spacial score (nSPS) is 24.5. The third-order valence-corrected chi connectivity index (χ3v) is 8.35. The van der Waals surface area contributed by atoms with Crippen molar-refractivity contribution in [1.29, 1.82) is 0 Å². The van der Waals surface area contributed by atoms with Crippen LogP contribution < -0.4 is 18.9 Å². The van der Waals surface area contributed by atoms with E-state index in [9.17, 15) is 35.1 Å². The van der Waals surface area contributed by atoms with Crippen LogP contribution in [0.2, 0.25) is 0 Å². The fourth-order valence-electron chi connectivity index (χ4n) is 5.73. The number of hydrogen-bond donors (Lipinski definition) is 5. The zero-order chi connectivity index (χ0) is 35.9. The molecule has 3 aromatic rings. The van der Waals surface area contributed by atoms with E-state index in [0.29, 0.717) is 40.0 Å². The van der Waals surface area contributed by atoms with Gasteiger partial charge in [0.25, 0.3) is 0 Å². The van der Waals surface area contributed by atoms with E-state index in [4.69, 9.17) is 33.2 Å². The van der Waals surface area contributed by atoms with Crippen molar-refractivity contribution in [2.45, 2.75) is 42.7 Å². The van der Waals surface area contributed by atoms with Gasteiger partial charge in [-0.05, 0) is 65.2 Å². The van der Waals surface area contributed by atoms with Gasteiger partial charge in [-0.3, -0.25) is 4.79 Å². The Bertz CT molecular complexity index is 1740. The van der Waals surface area contributed by atoms with Gasteiger partial charge < -0.3 is 58.7 Å². The average Bonchev–Trinajstić information content (AvgIpc) is 3.49. The Kier molecular flexibility index (Phi) is 11.6. The molecule has 3 aromatic carbocycles. The summed E-state index contributed by atoms with van der Waals surface area (Å²) in [5, 5.41) is 52.1. The van der Waals surface area contributed by atoms with Crippen LogP contribution in [0.4, 0.5) is 0 Å². The molecule has 0 spiro atoms. The SMILES string of the molecule is COc1cc(/C=C/C(=O)OCC2OC(OCC3c4cc(/C=C/C=O)cc(OC)c4OC3c3ccc(O)c(OC)c3)[C@@H](O)[C@@H](O)[C@H]2O)ccc1O. The first-order chi connectivity index (χ1) is 24.1. The van der Waals surface area contributed by atoms with Crippen molar-refractivity contribution in [2.75, 3.05) is 34.5 Å². The van der Waals surface area contributed by atoms with Gasteiger partial charge in [-0.15, -0.1) is 0 Å². The van der Waals surface area contributed by atoms with Gasteiger partial charge in [-0.1, -0.05) is 18.2 Å². The molecule has 1 fully saturated rings. The number of phenols is 2. The van der Waals surface area contributed by atoms with Crippen molar-refractivity contribution < 1.29 is 68.3 Å². The van der Waals surface area contributed by atoms with E-state index in [1.54, 1.807) is 36.4 Å². The van der Waals surface area contributed by atoms with Crippen molar-refractivity contribution in [3.8, 4) is 34.5 Å². The number of hydrogen-bond acceptors (Lipinski definition) is 14. The molecular formula is C36H38O14. The standard InChI is InChI=1S/C36H38O14/c1-44-26-14-19(6-9-24(26)38)7-11-30(40)47-18-29-31(41)32(42)33(43)36(49-29)48-17-23-22-13-20(5-4-12-37)15-28(46-3)35(22)50-34(23)21-8-10-25(39)27(16-21)45-2/h4-16,23,29,31-34,36,38-39,41-43H,17-18H2,1-3H3/b5-4+,11-7+/t23?,29?,31-,32-,33-,34?,36?/m0/s1. The van der Waals surface area contributed by atoms with Gasteiger partial charge in [0, 0.05) is 11.6 Å². The van der Waals surface area contributed by atoms with Crippen molar-refractivity contribution in [1.82, 2.24) is 0 Å². The van der Waals surface area contributed by atoms with Crippen LogP contribution in [-0.4, -0.2) is 103 Å². The Labute approximate surface area is 287 Å². The van der Waals surface area contributed by atoms with E-state index < -0.39 is 55.3 Å². The number of carbonyl (C=O) groups is 2. The number of esters is 1. The molecule has 5 N–H and O–H groups in total. The quantitative estimate of drug-likeness (QED) is 0.0994. The highest BCUT2D eigenvalue weighted by molar-refractivity contribution is 5.87. The van der Waals surface area contributed by atoms with Crippen LogP contribution in [0.25, 0.3) is 12.2 Å². The number of fused-ring (bicyclic) bond motifs is 1. The lowest BCUT2D eigenvalue weighted by atomic mass is 9.90. The maximum absolute atomic E-state index is 12.5. The Morgan fingerprint density at radius 2 is 1.48 bits per heavy atom. The van der Waals surface area contributed by atoms with E-state index in [1.807, 2.05) is 0 Å². The number of aromatic hydroxyl groups is 2. The number of aldehydes is 1. The molecule has 0 saturated carbocycles. The van der Waals surface area contributed by atoms with Gasteiger partial charge in [0.2, 0.25) is 0 Å². The molecule has 2 aliphatic rings. The van der Waals surface area contributed by atoms with Crippen LogP contribution in [0.15, 0.2) is 60.7 Å². The van der Waals surface area contributed by atoms with E-state index >= 15 is 0 Å². The number of carbonyl (C=O) groups excluding carboxylic acids is 2. The topological polar surface area (TPSA) is 200 Å². The van der Waals surface area contributed by atoms with Gasteiger partial charge in [0.05, 0.1) is 33.9 Å². The van der Waals surface area contributed by atoms with Crippen molar-refractivity contribution >= 4 is 24.4 Å². The van der Waals surface area contributed by atoms with E-state index in [-0.39, 0.29) is 29.6 Å². The molecule has 50 heavy (non-hydrogen) atoms. The largest absolute Gasteiger partial charge is 0.504 e. The first-order valence-electron chi connectivity index (χ1n) is 15.5. The lowest BCUT2D eigenvalue weighted by Gasteiger charge is -2.40. The number of methoxy groups -OCH3 is 3. The fourth-order valence-corrected chi connectivity index (χ4v) is 5.73. The zero-order valence-corrected chi connectivity index (χ0v) is 27.4. The van der Waals surface area contributed by atoms with Gasteiger partial charge in [-0.2, -0.15) is 0 Å². The summed E-state index contributed by atoms with van der Waals surface area (Å²) in [5.41, 5.74) is 2.43. The molecule has 5 rings (SSSR count). The first-order valence-corrected chi connectivity index (χ1v) is 15.5. The van der Waals surface area contributed by atoms with Crippen molar-refractivity contribution in [3.63, 3.8) is 0 Å². The second kappa shape index (κ2) is 16.1. The van der Waals surface area contributed by atoms with Gasteiger partial charge in [0.15, 0.2) is 40.8 Å². The number of ether oxygens (including phenoxy) is 7. The minimum atomic E-state index is -1.71. The second-order valence-electron chi connectivity index (χ2n) is 11.5. The third kappa shape index (κ3) is 7.85. The molecule has 4 unspecified atom stereocenters. The van der Waals surface area contributed by atoms with E-state index in [2.05, 4.69) is 0 Å². The van der Waals surface area contributed by atoms with Gasteiger partial charge in [-0.25, -0.2) is 4.79 Å². The summed E-state index contributed by atoms with van der Waals surface area (Å²) in [6, 6.07) is 12.7. The lowest BCUT2D eigenvalue weighted by molar-refractivity contribution is -0.302. The summed E-state index contributed by atoms with van der Waals surface area (Å²) in [6.45, 7) is -0.636. The molecule has 266 valence electrons. The molecule has 0 aromatic heterocycles. The molecule has 0 radical (unpaired) electrons. The smallest absolute Gasteiger partial charge is 0.330 e. The highest BCUT2D eigenvalue weighted by Gasteiger charge is 2.46. The summed E-state index contributed by atoms with van der Waals surface area (Å²) in [4.78, 5) is 23.5. The minimum absolute atomic E-state index is 0.0647. The molecular weight excluding hydrogens is 656 g/mol. The maximum Gasteiger partial charge on any atom is 0.330 e. The number of rotatable bonds is 13. The highest BCUT2D eigenvalue weighted by atomic mass is 16.7. The summed E-state index contributed by atoms with van der Waals surface area (Å²) in [7, 11) is 4.28. The summed E-state index contributed by atoms with van der Waals surface area (Å²) in [6.07, 6.45) is -2.32. The number of phenolic OH excluding ortho intramolecular Hbond substituents is 2. The predicted molar refractivity (Wildman–Crippen MR) is 176 cm³/mol.